The first-order valence-corrected chi connectivity index (χ1v) is 9.27. The van der Waals surface area contributed by atoms with Crippen LogP contribution in [0.25, 0.3) is 0 Å². The van der Waals surface area contributed by atoms with Crippen molar-refractivity contribution >= 4 is 11.8 Å². The zero-order valence-electron chi connectivity index (χ0n) is 15.7. The summed E-state index contributed by atoms with van der Waals surface area (Å²) in [5.74, 6) is -0.219. The number of nitrogens with zero attached hydrogens (tertiary/aromatic N) is 1. The Kier molecular flexibility index (Phi) is 7.00. The molecule has 0 bridgehead atoms. The zero-order valence-corrected chi connectivity index (χ0v) is 15.7. The molecule has 1 heterocycles. The van der Waals surface area contributed by atoms with Crippen LogP contribution in [0.5, 0.6) is 5.75 Å². The Morgan fingerprint density at radius 3 is 2.61 bits per heavy atom. The van der Waals surface area contributed by atoms with Gasteiger partial charge in [0.1, 0.15) is 5.75 Å². The van der Waals surface area contributed by atoms with Crippen LogP contribution in [0, 0.1) is 0 Å². The van der Waals surface area contributed by atoms with Crippen LogP contribution < -0.4 is 15.8 Å². The highest BCUT2D eigenvalue weighted by Crippen LogP contribution is 2.12. The predicted molar refractivity (Wildman–Crippen MR) is 105 cm³/mol. The zero-order chi connectivity index (χ0) is 19.8. The van der Waals surface area contributed by atoms with Gasteiger partial charge in [-0.15, -0.1) is 0 Å². The lowest BCUT2D eigenvalue weighted by atomic mass is 10.2. The molecule has 2 amide bonds. The van der Waals surface area contributed by atoms with E-state index in [1.54, 1.807) is 24.3 Å². The van der Waals surface area contributed by atoms with Gasteiger partial charge >= 0.3 is 0 Å². The summed E-state index contributed by atoms with van der Waals surface area (Å²) in [6, 6.07) is 16.6. The second-order valence-electron chi connectivity index (χ2n) is 6.69. The Morgan fingerprint density at radius 2 is 1.89 bits per heavy atom. The summed E-state index contributed by atoms with van der Waals surface area (Å²) in [5.41, 5.74) is 6.85. The van der Waals surface area contributed by atoms with Gasteiger partial charge in [0.05, 0.1) is 12.7 Å². The second-order valence-corrected chi connectivity index (χ2v) is 6.69. The number of amides is 2. The molecule has 3 rings (SSSR count). The molecule has 2 aromatic carbocycles. The third-order valence-corrected chi connectivity index (χ3v) is 4.51. The molecule has 0 aliphatic carbocycles. The van der Waals surface area contributed by atoms with E-state index in [1.165, 1.54) is 5.56 Å². The molecule has 7 heteroatoms. The lowest BCUT2D eigenvalue weighted by molar-refractivity contribution is -0.124. The molecule has 1 aliphatic heterocycles. The lowest BCUT2D eigenvalue weighted by Crippen LogP contribution is -2.47. The van der Waals surface area contributed by atoms with Gasteiger partial charge in [0.2, 0.25) is 5.91 Å². The number of carbonyl (C=O) groups excluding carboxylic acids is 2. The fourth-order valence-corrected chi connectivity index (χ4v) is 3.03. The number of rotatable bonds is 8. The highest BCUT2D eigenvalue weighted by molar-refractivity contribution is 5.92. The van der Waals surface area contributed by atoms with E-state index in [4.69, 9.17) is 15.2 Å². The maximum Gasteiger partial charge on any atom is 0.258 e. The highest BCUT2D eigenvalue weighted by Gasteiger charge is 2.21. The van der Waals surface area contributed by atoms with Crippen LogP contribution in [0.1, 0.15) is 15.9 Å². The van der Waals surface area contributed by atoms with Crippen molar-refractivity contribution in [1.29, 1.82) is 0 Å². The number of nitrogens with two attached hydrogens (primary N) is 1. The monoisotopic (exact) mass is 383 g/mol. The standard InChI is InChI=1S/C21H25N3O4/c22-21(26)17-6-8-18(9-7-17)28-15-20(25)23-12-19-14-24(10-11-27-19)13-16-4-2-1-3-5-16/h1-9,19H,10-15H2,(H2,22,26)(H,23,25). The third kappa shape index (κ3) is 6.07. The van der Waals surface area contributed by atoms with E-state index in [-0.39, 0.29) is 18.6 Å². The maximum absolute atomic E-state index is 12.0. The van der Waals surface area contributed by atoms with Crippen LogP contribution in [-0.4, -0.2) is 55.7 Å². The average Bonchev–Trinajstić information content (AvgIpc) is 2.72. The fraction of sp³-hybridized carbons (Fsp3) is 0.333. The van der Waals surface area contributed by atoms with E-state index in [2.05, 4.69) is 22.3 Å². The molecule has 1 atom stereocenters. The SMILES string of the molecule is NC(=O)c1ccc(OCC(=O)NCC2CN(Cc3ccccc3)CCO2)cc1. The van der Waals surface area contributed by atoms with E-state index in [0.29, 0.717) is 24.5 Å². The first-order valence-electron chi connectivity index (χ1n) is 9.27. The second kappa shape index (κ2) is 9.87. The lowest BCUT2D eigenvalue weighted by Gasteiger charge is -2.33. The Hall–Kier alpha value is -2.90. The first kappa shape index (κ1) is 19.9. The van der Waals surface area contributed by atoms with Crippen molar-refractivity contribution in [2.45, 2.75) is 12.6 Å². The van der Waals surface area contributed by atoms with Crippen molar-refractivity contribution in [3.63, 3.8) is 0 Å². The van der Waals surface area contributed by atoms with Gasteiger partial charge in [0.15, 0.2) is 6.61 Å². The molecule has 2 aromatic rings. The molecule has 28 heavy (non-hydrogen) atoms. The average molecular weight is 383 g/mol. The molecule has 148 valence electrons. The summed E-state index contributed by atoms with van der Waals surface area (Å²) in [6.45, 7) is 3.51. The van der Waals surface area contributed by atoms with E-state index >= 15 is 0 Å². The molecule has 3 N–H and O–H groups in total. The Bertz CT molecular complexity index is 780. The van der Waals surface area contributed by atoms with Crippen molar-refractivity contribution in [3.05, 3.63) is 65.7 Å². The molecule has 0 saturated carbocycles. The summed E-state index contributed by atoms with van der Waals surface area (Å²) < 4.78 is 11.2. The molecule has 0 radical (unpaired) electrons. The van der Waals surface area contributed by atoms with Gasteiger partial charge in [-0.3, -0.25) is 14.5 Å². The van der Waals surface area contributed by atoms with Crippen LogP contribution in [0.3, 0.4) is 0 Å². The maximum atomic E-state index is 12.0. The Labute approximate surface area is 164 Å². The van der Waals surface area contributed by atoms with E-state index in [9.17, 15) is 9.59 Å². The van der Waals surface area contributed by atoms with Crippen LogP contribution in [-0.2, 0) is 16.1 Å². The molecular formula is C21H25N3O4. The number of carbonyl (C=O) groups is 2. The topological polar surface area (TPSA) is 93.9 Å². The largest absolute Gasteiger partial charge is 0.484 e. The molecule has 0 spiro atoms. The summed E-state index contributed by atoms with van der Waals surface area (Å²) in [7, 11) is 0. The van der Waals surface area contributed by atoms with Gasteiger partial charge in [-0.25, -0.2) is 0 Å². The van der Waals surface area contributed by atoms with Crippen molar-refractivity contribution in [2.24, 2.45) is 5.73 Å². The summed E-state index contributed by atoms with van der Waals surface area (Å²) in [6.07, 6.45) is -0.0451. The minimum atomic E-state index is -0.502. The molecular weight excluding hydrogens is 358 g/mol. The minimum absolute atomic E-state index is 0.0451. The minimum Gasteiger partial charge on any atom is -0.484 e. The quantitative estimate of drug-likeness (QED) is 0.714. The summed E-state index contributed by atoms with van der Waals surface area (Å²) in [5, 5.41) is 2.85. The number of primary amides is 1. The number of hydrogen-bond acceptors (Lipinski definition) is 5. The van der Waals surface area contributed by atoms with Crippen LogP contribution in [0.2, 0.25) is 0 Å². The molecule has 0 aromatic heterocycles. The normalized spacial score (nSPS) is 17.1. The van der Waals surface area contributed by atoms with Crippen LogP contribution in [0.4, 0.5) is 0 Å². The first-order chi connectivity index (χ1) is 13.6. The predicted octanol–water partition coefficient (Wildman–Crippen LogP) is 1.18. The Morgan fingerprint density at radius 1 is 1.14 bits per heavy atom. The molecule has 1 unspecified atom stereocenters. The van der Waals surface area contributed by atoms with Crippen LogP contribution in [0.15, 0.2) is 54.6 Å². The van der Waals surface area contributed by atoms with E-state index in [1.807, 2.05) is 18.2 Å². The van der Waals surface area contributed by atoms with Crippen LogP contribution >= 0.6 is 0 Å². The van der Waals surface area contributed by atoms with Crippen molar-refractivity contribution < 1.29 is 19.1 Å². The molecule has 1 aliphatic rings. The molecule has 1 fully saturated rings. The number of ether oxygens (including phenoxy) is 2. The number of nitrogens with one attached hydrogen (secondary N) is 1. The van der Waals surface area contributed by atoms with Gasteiger partial charge in [-0.2, -0.15) is 0 Å². The van der Waals surface area contributed by atoms with Gasteiger partial charge in [-0.1, -0.05) is 30.3 Å². The van der Waals surface area contributed by atoms with Gasteiger partial charge in [-0.05, 0) is 29.8 Å². The highest BCUT2D eigenvalue weighted by atomic mass is 16.5. The summed E-state index contributed by atoms with van der Waals surface area (Å²) in [4.78, 5) is 25.4. The van der Waals surface area contributed by atoms with Gasteiger partial charge in [0.25, 0.3) is 5.91 Å². The molecule has 1 saturated heterocycles. The molecule has 7 nitrogen and oxygen atoms in total. The number of hydrogen-bond donors (Lipinski definition) is 2. The van der Waals surface area contributed by atoms with Gasteiger partial charge in [0, 0.05) is 31.7 Å². The van der Waals surface area contributed by atoms with E-state index < -0.39 is 5.91 Å². The summed E-state index contributed by atoms with van der Waals surface area (Å²) >= 11 is 0. The van der Waals surface area contributed by atoms with Crippen molar-refractivity contribution in [1.82, 2.24) is 10.2 Å². The number of morpholine rings is 1. The third-order valence-electron chi connectivity index (χ3n) is 4.51. The van der Waals surface area contributed by atoms with Gasteiger partial charge < -0.3 is 20.5 Å². The van der Waals surface area contributed by atoms with E-state index in [0.717, 1.165) is 19.6 Å². The van der Waals surface area contributed by atoms with Crippen molar-refractivity contribution in [2.75, 3.05) is 32.8 Å². The smallest absolute Gasteiger partial charge is 0.258 e. The fourth-order valence-electron chi connectivity index (χ4n) is 3.03. The number of benzene rings is 2. The Balaban J connectivity index is 1.38. The van der Waals surface area contributed by atoms with Crippen molar-refractivity contribution in [3.8, 4) is 5.75 Å².